The molecule has 5 heteroatoms. The van der Waals surface area contributed by atoms with Gasteiger partial charge in [0, 0.05) is 33.4 Å². The van der Waals surface area contributed by atoms with E-state index in [1.807, 2.05) is 6.20 Å². The van der Waals surface area contributed by atoms with E-state index < -0.39 is 0 Å². The van der Waals surface area contributed by atoms with Gasteiger partial charge in [-0.3, -0.25) is 4.90 Å². The number of piperidine rings is 1. The first-order valence-corrected chi connectivity index (χ1v) is 8.81. The summed E-state index contributed by atoms with van der Waals surface area (Å²) in [5.74, 6) is 1.86. The van der Waals surface area contributed by atoms with E-state index in [1.54, 1.807) is 7.11 Å². The Hall–Kier alpha value is -1.17. The highest BCUT2D eigenvalue weighted by Crippen LogP contribution is 2.19. The fourth-order valence-electron chi connectivity index (χ4n) is 3.03. The van der Waals surface area contributed by atoms with Crippen molar-refractivity contribution in [2.75, 3.05) is 58.4 Å². The van der Waals surface area contributed by atoms with Crippen molar-refractivity contribution in [1.82, 2.24) is 15.2 Å². The summed E-state index contributed by atoms with van der Waals surface area (Å²) in [6.45, 7) is 9.44. The molecule has 1 aromatic rings. The Kier molecular flexibility index (Phi) is 7.79. The molecule has 5 nitrogen and oxygen atoms in total. The van der Waals surface area contributed by atoms with Crippen LogP contribution in [0.3, 0.4) is 0 Å². The number of anilines is 1. The van der Waals surface area contributed by atoms with Crippen molar-refractivity contribution in [2.45, 2.75) is 26.3 Å². The van der Waals surface area contributed by atoms with Gasteiger partial charge in [-0.2, -0.15) is 0 Å². The van der Waals surface area contributed by atoms with Gasteiger partial charge in [-0.05, 0) is 56.6 Å². The molecule has 1 aromatic heterocycles. The second-order valence-electron chi connectivity index (χ2n) is 6.47. The van der Waals surface area contributed by atoms with Crippen molar-refractivity contribution in [3.05, 3.63) is 23.9 Å². The number of likely N-dealkylation sites (N-methyl/N-ethyl adjacent to an activating group) is 1. The SMILES string of the molecule is CCNCC1CCN(Cc2ccc(N(C)CCOC)nc2)CC1. The number of aromatic nitrogens is 1. The van der Waals surface area contributed by atoms with Gasteiger partial charge in [0.05, 0.1) is 6.61 Å². The first kappa shape index (κ1) is 18.2. The lowest BCUT2D eigenvalue weighted by molar-refractivity contribution is 0.175. The molecule has 0 bridgehead atoms. The van der Waals surface area contributed by atoms with Gasteiger partial charge in [-0.1, -0.05) is 13.0 Å². The summed E-state index contributed by atoms with van der Waals surface area (Å²) in [7, 11) is 3.78. The van der Waals surface area contributed by atoms with E-state index in [1.165, 1.54) is 38.0 Å². The molecule has 0 aromatic carbocycles. The Bertz CT molecular complexity index is 429. The van der Waals surface area contributed by atoms with Gasteiger partial charge in [0.25, 0.3) is 0 Å². The van der Waals surface area contributed by atoms with E-state index in [9.17, 15) is 0 Å². The third kappa shape index (κ3) is 6.09. The Morgan fingerprint density at radius 3 is 2.74 bits per heavy atom. The van der Waals surface area contributed by atoms with E-state index in [2.05, 4.69) is 46.2 Å². The molecule has 0 saturated carbocycles. The molecule has 0 amide bonds. The zero-order valence-corrected chi connectivity index (χ0v) is 14.9. The van der Waals surface area contributed by atoms with E-state index >= 15 is 0 Å². The molecule has 23 heavy (non-hydrogen) atoms. The molecule has 1 N–H and O–H groups in total. The first-order valence-electron chi connectivity index (χ1n) is 8.81. The molecule has 2 heterocycles. The van der Waals surface area contributed by atoms with Crippen LogP contribution in [-0.4, -0.2) is 63.4 Å². The fraction of sp³-hybridized carbons (Fsp3) is 0.722. The van der Waals surface area contributed by atoms with Crippen LogP contribution in [-0.2, 0) is 11.3 Å². The number of hydrogen-bond donors (Lipinski definition) is 1. The van der Waals surface area contributed by atoms with Crippen LogP contribution in [0.25, 0.3) is 0 Å². The van der Waals surface area contributed by atoms with E-state index in [0.29, 0.717) is 0 Å². The van der Waals surface area contributed by atoms with Gasteiger partial charge < -0.3 is 15.0 Å². The number of nitrogens with one attached hydrogen (secondary N) is 1. The van der Waals surface area contributed by atoms with Crippen molar-refractivity contribution >= 4 is 5.82 Å². The molecule has 0 aliphatic carbocycles. The van der Waals surface area contributed by atoms with Gasteiger partial charge in [-0.25, -0.2) is 4.98 Å². The number of methoxy groups -OCH3 is 1. The standard InChI is InChI=1S/C18H32N4O/c1-4-19-13-16-7-9-22(10-8-16)15-17-5-6-18(20-14-17)21(2)11-12-23-3/h5-6,14,16,19H,4,7-13,15H2,1-3H3. The van der Waals surface area contributed by atoms with Crippen LogP contribution in [0, 0.1) is 5.92 Å². The molecule has 1 aliphatic rings. The van der Waals surface area contributed by atoms with Gasteiger partial charge in [0.2, 0.25) is 0 Å². The van der Waals surface area contributed by atoms with E-state index in [-0.39, 0.29) is 0 Å². The summed E-state index contributed by atoms with van der Waals surface area (Å²) < 4.78 is 5.11. The second-order valence-corrected chi connectivity index (χ2v) is 6.47. The Balaban J connectivity index is 1.76. The number of hydrogen-bond acceptors (Lipinski definition) is 5. The smallest absolute Gasteiger partial charge is 0.128 e. The zero-order chi connectivity index (χ0) is 16.5. The molecule has 1 fully saturated rings. The second kappa shape index (κ2) is 9.85. The van der Waals surface area contributed by atoms with Crippen LogP contribution in [0.5, 0.6) is 0 Å². The molecule has 1 saturated heterocycles. The van der Waals surface area contributed by atoms with Gasteiger partial charge in [-0.15, -0.1) is 0 Å². The maximum absolute atomic E-state index is 5.11. The molecular formula is C18H32N4O. The molecule has 2 rings (SSSR count). The maximum Gasteiger partial charge on any atom is 0.128 e. The lowest BCUT2D eigenvalue weighted by Gasteiger charge is -2.32. The predicted molar refractivity (Wildman–Crippen MR) is 95.9 cm³/mol. The average Bonchev–Trinajstić information content (AvgIpc) is 2.59. The molecule has 0 radical (unpaired) electrons. The monoisotopic (exact) mass is 320 g/mol. The summed E-state index contributed by atoms with van der Waals surface area (Å²) >= 11 is 0. The minimum Gasteiger partial charge on any atom is -0.383 e. The molecule has 0 atom stereocenters. The average molecular weight is 320 g/mol. The van der Waals surface area contributed by atoms with Crippen LogP contribution in [0.15, 0.2) is 18.3 Å². The topological polar surface area (TPSA) is 40.6 Å². The Morgan fingerprint density at radius 2 is 2.13 bits per heavy atom. The number of pyridine rings is 1. The summed E-state index contributed by atoms with van der Waals surface area (Å²) in [5.41, 5.74) is 1.30. The summed E-state index contributed by atoms with van der Waals surface area (Å²) in [5, 5.41) is 3.47. The van der Waals surface area contributed by atoms with E-state index in [0.717, 1.165) is 38.0 Å². The summed E-state index contributed by atoms with van der Waals surface area (Å²) in [4.78, 5) is 9.26. The largest absolute Gasteiger partial charge is 0.383 e. The first-order chi connectivity index (χ1) is 11.2. The van der Waals surface area contributed by atoms with Gasteiger partial charge in [0.15, 0.2) is 0 Å². The highest BCUT2D eigenvalue weighted by Gasteiger charge is 2.18. The minimum absolute atomic E-state index is 0.724. The van der Waals surface area contributed by atoms with Gasteiger partial charge >= 0.3 is 0 Å². The van der Waals surface area contributed by atoms with Gasteiger partial charge in [0.1, 0.15) is 5.82 Å². The maximum atomic E-state index is 5.11. The third-order valence-corrected chi connectivity index (χ3v) is 4.63. The summed E-state index contributed by atoms with van der Waals surface area (Å²) in [6, 6.07) is 4.32. The van der Waals surface area contributed by atoms with Crippen molar-refractivity contribution < 1.29 is 4.74 Å². The van der Waals surface area contributed by atoms with Crippen LogP contribution in [0.4, 0.5) is 5.82 Å². The number of rotatable bonds is 9. The third-order valence-electron chi connectivity index (χ3n) is 4.63. The zero-order valence-electron chi connectivity index (χ0n) is 14.9. The van der Waals surface area contributed by atoms with Crippen molar-refractivity contribution in [3.63, 3.8) is 0 Å². The minimum atomic E-state index is 0.724. The molecule has 1 aliphatic heterocycles. The molecule has 130 valence electrons. The van der Waals surface area contributed by atoms with Crippen molar-refractivity contribution in [3.8, 4) is 0 Å². The lowest BCUT2D eigenvalue weighted by atomic mass is 9.96. The lowest BCUT2D eigenvalue weighted by Crippen LogP contribution is -2.36. The number of nitrogens with zero attached hydrogens (tertiary/aromatic N) is 3. The highest BCUT2D eigenvalue weighted by atomic mass is 16.5. The number of likely N-dealkylation sites (tertiary alicyclic amines) is 1. The van der Waals surface area contributed by atoms with Crippen LogP contribution in [0.2, 0.25) is 0 Å². The molecule has 0 unspecified atom stereocenters. The van der Waals surface area contributed by atoms with Crippen molar-refractivity contribution in [2.24, 2.45) is 5.92 Å². The van der Waals surface area contributed by atoms with Crippen LogP contribution in [0.1, 0.15) is 25.3 Å². The van der Waals surface area contributed by atoms with E-state index in [4.69, 9.17) is 4.74 Å². The normalized spacial score (nSPS) is 16.7. The predicted octanol–water partition coefficient (Wildman–Crippen LogP) is 1.99. The molecule has 0 spiro atoms. The number of ether oxygens (including phenoxy) is 1. The quantitative estimate of drug-likeness (QED) is 0.753. The fourth-order valence-corrected chi connectivity index (χ4v) is 3.03. The summed E-state index contributed by atoms with van der Waals surface area (Å²) in [6.07, 6.45) is 4.62. The Labute approximate surface area is 141 Å². The highest BCUT2D eigenvalue weighted by molar-refractivity contribution is 5.38. The van der Waals surface area contributed by atoms with Crippen LogP contribution < -0.4 is 10.2 Å². The van der Waals surface area contributed by atoms with Crippen molar-refractivity contribution in [1.29, 1.82) is 0 Å². The molecular weight excluding hydrogens is 288 g/mol. The Morgan fingerprint density at radius 1 is 1.35 bits per heavy atom. The van der Waals surface area contributed by atoms with Crippen LogP contribution >= 0.6 is 0 Å².